The number of rotatable bonds is 9. The molecule has 7 nitrogen and oxygen atoms in total. The van der Waals surface area contributed by atoms with Crippen molar-refractivity contribution in [3.05, 3.63) is 108 Å². The van der Waals surface area contributed by atoms with Gasteiger partial charge in [0.2, 0.25) is 0 Å². The number of ether oxygens (including phenoxy) is 1. The smallest absolute Gasteiger partial charge is 0.338 e. The monoisotopic (exact) mass is 512 g/mol. The summed E-state index contributed by atoms with van der Waals surface area (Å²) < 4.78 is 11.4. The fourth-order valence-electron chi connectivity index (χ4n) is 4.64. The molecule has 0 aliphatic carbocycles. The number of hydrogen-bond donors (Lipinski definition) is 2. The van der Waals surface area contributed by atoms with E-state index in [9.17, 15) is 4.79 Å². The third kappa shape index (κ3) is 5.34. The Balaban J connectivity index is 1.41. The van der Waals surface area contributed by atoms with Gasteiger partial charge < -0.3 is 24.7 Å². The average molecular weight is 513 g/mol. The highest BCUT2D eigenvalue weighted by Crippen LogP contribution is 2.40. The molecule has 37 heavy (non-hydrogen) atoms. The van der Waals surface area contributed by atoms with Crippen molar-refractivity contribution in [3.8, 4) is 11.3 Å². The number of anilines is 1. The molecule has 0 saturated carbocycles. The second kappa shape index (κ2) is 11.3. The molecule has 2 aromatic heterocycles. The van der Waals surface area contributed by atoms with Crippen molar-refractivity contribution in [1.29, 1.82) is 0 Å². The van der Waals surface area contributed by atoms with Gasteiger partial charge in [0.05, 0.1) is 24.4 Å². The summed E-state index contributed by atoms with van der Waals surface area (Å²) in [5, 5.41) is 7.57. The van der Waals surface area contributed by atoms with E-state index in [1.807, 2.05) is 60.7 Å². The molecule has 0 amide bonds. The quantitative estimate of drug-likeness (QED) is 0.170. The van der Waals surface area contributed by atoms with Crippen LogP contribution in [0.25, 0.3) is 11.3 Å². The fourth-order valence-corrected chi connectivity index (χ4v) is 4.97. The zero-order chi connectivity index (χ0) is 25.6. The van der Waals surface area contributed by atoms with E-state index in [4.69, 9.17) is 21.4 Å². The van der Waals surface area contributed by atoms with Gasteiger partial charge in [-0.05, 0) is 61.1 Å². The average Bonchev–Trinajstić information content (AvgIpc) is 3.56. The topological polar surface area (TPSA) is 79.6 Å². The molecule has 1 fully saturated rings. The minimum Gasteiger partial charge on any atom is -0.465 e. The van der Waals surface area contributed by atoms with Crippen molar-refractivity contribution < 1.29 is 13.9 Å². The van der Waals surface area contributed by atoms with E-state index in [-0.39, 0.29) is 12.1 Å². The molecule has 1 aliphatic rings. The van der Waals surface area contributed by atoms with Crippen molar-refractivity contribution in [3.63, 3.8) is 0 Å². The van der Waals surface area contributed by atoms with E-state index in [0.29, 0.717) is 22.0 Å². The SMILES string of the molecule is COC(=O)c1ccccc1-c1ccc([C@@H]2[C@H](c3ccccn3)NC(=S)N2CCCNc2ccccc2)o1. The zero-order valence-corrected chi connectivity index (χ0v) is 21.3. The first-order valence-corrected chi connectivity index (χ1v) is 12.6. The Bertz CT molecular complexity index is 1360. The van der Waals surface area contributed by atoms with Gasteiger partial charge in [-0.1, -0.05) is 42.5 Å². The molecule has 1 saturated heterocycles. The summed E-state index contributed by atoms with van der Waals surface area (Å²) in [6, 6.07) is 26.7. The lowest BCUT2D eigenvalue weighted by Gasteiger charge is -2.26. The van der Waals surface area contributed by atoms with Gasteiger partial charge in [-0.15, -0.1) is 0 Å². The molecule has 2 N–H and O–H groups in total. The highest BCUT2D eigenvalue weighted by Gasteiger charge is 2.41. The number of hydrogen-bond acceptors (Lipinski definition) is 6. The lowest BCUT2D eigenvalue weighted by atomic mass is 10.0. The number of carbonyl (C=O) groups excluding carboxylic acids is 1. The summed E-state index contributed by atoms with van der Waals surface area (Å²) in [5.74, 6) is 0.934. The number of thiocarbonyl (C=S) groups is 1. The van der Waals surface area contributed by atoms with Crippen LogP contribution in [0, 0.1) is 0 Å². The number of furan rings is 1. The standard InChI is InChI=1S/C29H28N4O3S/c1-35-28(34)22-13-6-5-12-21(22)24-15-16-25(36-24)27-26(23-14-7-8-17-31-23)32-29(37)33(27)19-9-18-30-20-10-3-2-4-11-20/h2-8,10-17,26-27,30H,9,18-19H2,1H3,(H,32,37)/t26-,27+/m0/s1. The summed E-state index contributed by atoms with van der Waals surface area (Å²) in [5.41, 5.74) is 3.11. The van der Waals surface area contributed by atoms with Crippen LogP contribution in [-0.4, -0.2) is 41.2 Å². The molecule has 4 aromatic rings. The number of carbonyl (C=O) groups is 1. The highest BCUT2D eigenvalue weighted by atomic mass is 32.1. The van der Waals surface area contributed by atoms with Gasteiger partial charge in [-0.3, -0.25) is 4.98 Å². The number of pyridine rings is 1. The number of aromatic nitrogens is 1. The van der Waals surface area contributed by atoms with Gasteiger partial charge in [-0.2, -0.15) is 0 Å². The molecular formula is C29H28N4O3S. The van der Waals surface area contributed by atoms with E-state index >= 15 is 0 Å². The molecule has 0 spiro atoms. The first-order valence-electron chi connectivity index (χ1n) is 12.2. The normalized spacial score (nSPS) is 16.9. The Kier molecular flexibility index (Phi) is 7.46. The molecule has 0 radical (unpaired) electrons. The van der Waals surface area contributed by atoms with E-state index in [0.717, 1.165) is 36.7 Å². The number of esters is 1. The zero-order valence-electron chi connectivity index (χ0n) is 20.5. The maximum Gasteiger partial charge on any atom is 0.338 e. The maximum absolute atomic E-state index is 12.3. The van der Waals surface area contributed by atoms with E-state index in [2.05, 4.69) is 32.7 Å². The molecule has 1 aliphatic heterocycles. The number of nitrogens with zero attached hydrogens (tertiary/aromatic N) is 2. The minimum atomic E-state index is -0.406. The highest BCUT2D eigenvalue weighted by molar-refractivity contribution is 7.80. The summed E-state index contributed by atoms with van der Waals surface area (Å²) in [6.07, 6.45) is 2.66. The third-order valence-electron chi connectivity index (χ3n) is 6.39. The Labute approximate surface area is 221 Å². The Morgan fingerprint density at radius 3 is 2.62 bits per heavy atom. The molecule has 0 bridgehead atoms. The third-order valence-corrected chi connectivity index (χ3v) is 6.74. The van der Waals surface area contributed by atoms with Crippen LogP contribution < -0.4 is 10.6 Å². The number of nitrogens with one attached hydrogen (secondary N) is 2. The Hall–Kier alpha value is -4.17. The predicted molar refractivity (Wildman–Crippen MR) is 147 cm³/mol. The van der Waals surface area contributed by atoms with Crippen LogP contribution >= 0.6 is 12.2 Å². The Morgan fingerprint density at radius 1 is 1.05 bits per heavy atom. The van der Waals surface area contributed by atoms with Gasteiger partial charge >= 0.3 is 5.97 Å². The predicted octanol–water partition coefficient (Wildman–Crippen LogP) is 5.60. The number of methoxy groups -OCH3 is 1. The summed E-state index contributed by atoms with van der Waals surface area (Å²) in [6.45, 7) is 1.54. The van der Waals surface area contributed by atoms with Crippen molar-refractivity contribution >= 4 is 29.0 Å². The van der Waals surface area contributed by atoms with Crippen LogP contribution in [0.1, 0.15) is 40.3 Å². The molecule has 0 unspecified atom stereocenters. The van der Waals surface area contributed by atoms with Crippen molar-refractivity contribution in [1.82, 2.24) is 15.2 Å². The van der Waals surface area contributed by atoms with Crippen LogP contribution in [0.5, 0.6) is 0 Å². The summed E-state index contributed by atoms with van der Waals surface area (Å²) in [7, 11) is 1.37. The molecule has 3 heterocycles. The van der Waals surface area contributed by atoms with Crippen molar-refractivity contribution in [2.24, 2.45) is 0 Å². The van der Waals surface area contributed by atoms with Crippen molar-refractivity contribution in [2.45, 2.75) is 18.5 Å². The molecule has 8 heteroatoms. The first kappa shape index (κ1) is 24.5. The van der Waals surface area contributed by atoms with Gasteiger partial charge in [0, 0.05) is 30.5 Å². The van der Waals surface area contributed by atoms with Gasteiger partial charge in [-0.25, -0.2) is 4.79 Å². The van der Waals surface area contributed by atoms with Crippen LogP contribution in [0.2, 0.25) is 0 Å². The fraction of sp³-hybridized carbons (Fsp3) is 0.207. The van der Waals surface area contributed by atoms with E-state index < -0.39 is 5.97 Å². The second-order valence-corrected chi connectivity index (χ2v) is 9.09. The van der Waals surface area contributed by atoms with Gasteiger partial charge in [0.1, 0.15) is 17.6 Å². The number of para-hydroxylation sites is 1. The second-order valence-electron chi connectivity index (χ2n) is 8.71. The molecular weight excluding hydrogens is 484 g/mol. The van der Waals surface area contributed by atoms with Crippen LogP contribution in [0.3, 0.4) is 0 Å². The lowest BCUT2D eigenvalue weighted by Crippen LogP contribution is -2.31. The van der Waals surface area contributed by atoms with Crippen LogP contribution in [-0.2, 0) is 4.74 Å². The summed E-state index contributed by atoms with van der Waals surface area (Å²) >= 11 is 5.77. The Morgan fingerprint density at radius 2 is 1.84 bits per heavy atom. The van der Waals surface area contributed by atoms with Crippen LogP contribution in [0.4, 0.5) is 5.69 Å². The minimum absolute atomic E-state index is 0.175. The lowest BCUT2D eigenvalue weighted by molar-refractivity contribution is 0.0601. The van der Waals surface area contributed by atoms with Crippen LogP contribution in [0.15, 0.2) is 95.5 Å². The van der Waals surface area contributed by atoms with E-state index in [1.54, 1.807) is 18.3 Å². The number of benzene rings is 2. The first-order chi connectivity index (χ1) is 18.2. The molecule has 188 valence electrons. The van der Waals surface area contributed by atoms with Gasteiger partial charge in [0.25, 0.3) is 0 Å². The van der Waals surface area contributed by atoms with Crippen molar-refractivity contribution in [2.75, 3.05) is 25.5 Å². The largest absolute Gasteiger partial charge is 0.465 e. The van der Waals surface area contributed by atoms with Gasteiger partial charge in [0.15, 0.2) is 5.11 Å². The molecule has 2 atom stereocenters. The molecule has 2 aromatic carbocycles. The maximum atomic E-state index is 12.3. The van der Waals surface area contributed by atoms with E-state index in [1.165, 1.54) is 7.11 Å². The summed E-state index contributed by atoms with van der Waals surface area (Å²) in [4.78, 5) is 19.1. The molecule has 5 rings (SSSR count).